The maximum atomic E-state index is 10.2. The summed E-state index contributed by atoms with van der Waals surface area (Å²) in [6.07, 6.45) is 2.88. The van der Waals surface area contributed by atoms with Crippen LogP contribution < -0.4 is 4.89 Å². The van der Waals surface area contributed by atoms with E-state index in [0.717, 1.165) is 0 Å². The standard InChI is InChI=1S/C2H9NO2S.ClH/c1-6(2,5)3-4;/h4,6H,1-2H3,(H,3,5);1H. The van der Waals surface area contributed by atoms with Crippen LogP contribution in [0.2, 0.25) is 0 Å². The van der Waals surface area contributed by atoms with E-state index in [0.29, 0.717) is 0 Å². The zero-order valence-electron chi connectivity index (χ0n) is 4.21. The summed E-state index contributed by atoms with van der Waals surface area (Å²) >= 11 is 0. The van der Waals surface area contributed by atoms with E-state index in [1.54, 1.807) is 4.89 Å². The highest BCUT2D eigenvalue weighted by Gasteiger charge is 1.89. The van der Waals surface area contributed by atoms with Gasteiger partial charge >= 0.3 is 0 Å². The summed E-state index contributed by atoms with van der Waals surface area (Å²) in [7, 11) is -2.34. The minimum Gasteiger partial charge on any atom is -0.306 e. The highest BCUT2D eigenvalue weighted by molar-refractivity contribution is 7.99. The normalized spacial score (nSPS) is 12.4. The van der Waals surface area contributed by atoms with Gasteiger partial charge in [-0.25, -0.2) is 0 Å². The van der Waals surface area contributed by atoms with Crippen molar-refractivity contribution in [2.45, 2.75) is 0 Å². The van der Waals surface area contributed by atoms with Crippen molar-refractivity contribution in [1.29, 1.82) is 0 Å². The molecule has 0 aliphatic carbocycles. The van der Waals surface area contributed by atoms with Gasteiger partial charge in [0.2, 0.25) is 0 Å². The van der Waals surface area contributed by atoms with Crippen LogP contribution in [0.15, 0.2) is 0 Å². The lowest BCUT2D eigenvalue weighted by molar-refractivity contribution is 0.249. The summed E-state index contributed by atoms with van der Waals surface area (Å²) in [6, 6.07) is 0. The van der Waals surface area contributed by atoms with Crippen LogP contribution in [0.1, 0.15) is 0 Å². The van der Waals surface area contributed by atoms with Gasteiger partial charge in [-0.1, -0.05) is 0 Å². The van der Waals surface area contributed by atoms with E-state index < -0.39 is 10.1 Å². The zero-order chi connectivity index (χ0) is 5.21. The number of rotatable bonds is 1. The molecule has 0 fully saturated rings. The van der Waals surface area contributed by atoms with Crippen LogP contribution in [0.3, 0.4) is 0 Å². The number of thiol groups is 1. The third-order valence-corrected chi connectivity index (χ3v) is 0.722. The Morgan fingerprint density at radius 1 is 1.57 bits per heavy atom. The first kappa shape index (κ1) is 10.4. The average molecular weight is 148 g/mol. The van der Waals surface area contributed by atoms with Gasteiger partial charge in [-0.05, 0) is 10.1 Å². The predicted octanol–water partition coefficient (Wildman–Crippen LogP) is -0.422. The van der Waals surface area contributed by atoms with Gasteiger partial charge in [0.25, 0.3) is 0 Å². The van der Waals surface area contributed by atoms with E-state index >= 15 is 0 Å². The van der Waals surface area contributed by atoms with Crippen molar-refractivity contribution in [2.75, 3.05) is 12.5 Å². The Morgan fingerprint density at radius 2 is 1.71 bits per heavy atom. The minimum atomic E-state index is -2.34. The Balaban J connectivity index is 0. The van der Waals surface area contributed by atoms with Gasteiger partial charge in [0.1, 0.15) is 0 Å². The minimum absolute atomic E-state index is 0. The van der Waals surface area contributed by atoms with Gasteiger partial charge in [0, 0.05) is 12.5 Å². The summed E-state index contributed by atoms with van der Waals surface area (Å²) in [5, 5.41) is 7.89. The predicted molar refractivity (Wildman–Crippen MR) is 33.6 cm³/mol. The first-order chi connectivity index (χ1) is 2.56. The third kappa shape index (κ3) is 10.7. The molecule has 0 aromatic carbocycles. The summed E-state index contributed by atoms with van der Waals surface area (Å²) in [5.41, 5.74) is 0. The molecule has 0 aromatic heterocycles. The van der Waals surface area contributed by atoms with E-state index in [-0.39, 0.29) is 12.4 Å². The zero-order valence-corrected chi connectivity index (χ0v) is 5.92. The van der Waals surface area contributed by atoms with Gasteiger partial charge in [-0.2, -0.15) is 0 Å². The lowest BCUT2D eigenvalue weighted by Gasteiger charge is -2.05. The van der Waals surface area contributed by atoms with Gasteiger partial charge in [0.05, 0.1) is 0 Å². The highest BCUT2D eigenvalue weighted by Crippen LogP contribution is 1.76. The van der Waals surface area contributed by atoms with Crippen molar-refractivity contribution < 1.29 is 9.42 Å². The van der Waals surface area contributed by atoms with Crippen molar-refractivity contribution in [1.82, 2.24) is 4.89 Å². The number of hydrogen-bond donors (Lipinski definition) is 3. The lowest BCUT2D eigenvalue weighted by atomic mass is 11.9. The summed E-state index contributed by atoms with van der Waals surface area (Å²) < 4.78 is 10.2. The SMILES string of the molecule is C[SH](C)(=O)NO.Cl. The molecular weight excluding hydrogens is 138 g/mol. The van der Waals surface area contributed by atoms with Gasteiger partial charge in [0.15, 0.2) is 0 Å². The van der Waals surface area contributed by atoms with Crippen molar-refractivity contribution in [3.8, 4) is 0 Å². The van der Waals surface area contributed by atoms with Crippen LogP contribution in [0, 0.1) is 0 Å². The lowest BCUT2D eigenvalue weighted by Crippen LogP contribution is -2.24. The Kier molecular flexibility index (Phi) is 4.99. The second-order valence-corrected chi connectivity index (χ2v) is 4.35. The second-order valence-electron chi connectivity index (χ2n) is 1.45. The number of hydrogen-bond acceptors (Lipinski definition) is 2. The average Bonchev–Trinajstić information content (AvgIpc) is 1.35. The van der Waals surface area contributed by atoms with E-state index in [2.05, 4.69) is 0 Å². The highest BCUT2D eigenvalue weighted by atomic mass is 35.5. The van der Waals surface area contributed by atoms with Crippen LogP contribution in [-0.2, 0) is 10.1 Å². The fourth-order valence-corrected chi connectivity index (χ4v) is 0. The van der Waals surface area contributed by atoms with E-state index in [9.17, 15) is 4.21 Å². The van der Waals surface area contributed by atoms with Crippen LogP contribution in [0.4, 0.5) is 0 Å². The molecule has 0 rings (SSSR count). The van der Waals surface area contributed by atoms with E-state index in [1.807, 2.05) is 0 Å². The van der Waals surface area contributed by atoms with Crippen molar-refractivity contribution in [3.63, 3.8) is 0 Å². The smallest absolute Gasteiger partial charge is 0.00287 e. The molecule has 7 heavy (non-hydrogen) atoms. The molecule has 0 spiro atoms. The molecular formula is C2H10ClNO2S. The van der Waals surface area contributed by atoms with Crippen molar-refractivity contribution in [3.05, 3.63) is 0 Å². The third-order valence-electron chi connectivity index (χ3n) is 0.241. The molecule has 0 saturated heterocycles. The first-order valence-electron chi connectivity index (χ1n) is 1.52. The molecule has 0 unspecified atom stereocenters. The molecule has 0 radical (unpaired) electrons. The summed E-state index contributed by atoms with van der Waals surface area (Å²) in [5.74, 6) is 0. The Morgan fingerprint density at radius 3 is 1.71 bits per heavy atom. The van der Waals surface area contributed by atoms with Gasteiger partial charge in [-0.3, -0.25) is 4.21 Å². The Labute approximate surface area is 50.0 Å². The summed E-state index contributed by atoms with van der Waals surface area (Å²) in [6.45, 7) is 0. The molecule has 0 heterocycles. The molecule has 0 atom stereocenters. The van der Waals surface area contributed by atoms with Crippen LogP contribution >= 0.6 is 12.4 Å². The second kappa shape index (κ2) is 3.37. The van der Waals surface area contributed by atoms with Gasteiger partial charge < -0.3 is 5.21 Å². The maximum absolute atomic E-state index is 10.2. The molecule has 48 valence electrons. The molecule has 0 bridgehead atoms. The molecule has 5 heteroatoms. The topological polar surface area (TPSA) is 49.3 Å². The van der Waals surface area contributed by atoms with Crippen LogP contribution in [0.5, 0.6) is 0 Å². The molecule has 0 aliphatic heterocycles. The quantitative estimate of drug-likeness (QED) is 0.349. The molecule has 0 aliphatic rings. The van der Waals surface area contributed by atoms with Crippen molar-refractivity contribution in [2.24, 2.45) is 0 Å². The van der Waals surface area contributed by atoms with E-state index in [4.69, 9.17) is 5.21 Å². The monoisotopic (exact) mass is 147 g/mol. The molecule has 0 amide bonds. The van der Waals surface area contributed by atoms with Crippen LogP contribution in [0.25, 0.3) is 0 Å². The molecule has 3 nitrogen and oxygen atoms in total. The maximum Gasteiger partial charge on any atom is 0.00287 e. The molecule has 2 N–H and O–H groups in total. The summed E-state index contributed by atoms with van der Waals surface area (Å²) in [4.78, 5) is 1.66. The number of halogens is 1. The molecule has 0 aromatic rings. The largest absolute Gasteiger partial charge is 0.306 e. The Bertz CT molecular complexity index is 79.8. The van der Waals surface area contributed by atoms with Gasteiger partial charge in [-0.15, -0.1) is 17.3 Å². The number of nitrogens with one attached hydrogen (secondary N) is 1. The Hall–Kier alpha value is 0.360. The molecule has 0 saturated carbocycles. The first-order valence-corrected chi connectivity index (χ1v) is 4.13. The van der Waals surface area contributed by atoms with Crippen molar-refractivity contribution >= 4 is 22.5 Å². The van der Waals surface area contributed by atoms with Crippen LogP contribution in [-0.4, -0.2) is 21.9 Å². The fraction of sp³-hybridized carbons (Fsp3) is 1.00. The van der Waals surface area contributed by atoms with E-state index in [1.165, 1.54) is 12.5 Å². The fourth-order valence-electron chi connectivity index (χ4n) is 0.